The predicted octanol–water partition coefficient (Wildman–Crippen LogP) is 1.52. The summed E-state index contributed by atoms with van der Waals surface area (Å²) in [5, 5.41) is 6.09. The lowest BCUT2D eigenvalue weighted by molar-refractivity contribution is -0.120. The summed E-state index contributed by atoms with van der Waals surface area (Å²) < 4.78 is 5.61. The van der Waals surface area contributed by atoms with Gasteiger partial charge in [0.05, 0.1) is 13.2 Å². The molecule has 1 unspecified atom stereocenters. The summed E-state index contributed by atoms with van der Waals surface area (Å²) in [5.41, 5.74) is 1.23. The van der Waals surface area contributed by atoms with Gasteiger partial charge in [0, 0.05) is 24.6 Å². The topological polar surface area (TPSA) is 50.4 Å². The number of hydrogen-bond acceptors (Lipinski definition) is 3. The minimum Gasteiger partial charge on any atom is -0.493 e. The van der Waals surface area contributed by atoms with E-state index < -0.39 is 0 Å². The molecule has 1 amide bonds. The Hall–Kier alpha value is -1.55. The molecule has 1 heterocycles. The highest BCUT2D eigenvalue weighted by molar-refractivity contribution is 5.77. The Morgan fingerprint density at radius 3 is 3.00 bits per heavy atom. The fourth-order valence-corrected chi connectivity index (χ4v) is 2.14. The molecule has 2 N–H and O–H groups in total. The van der Waals surface area contributed by atoms with Crippen molar-refractivity contribution in [3.8, 4) is 5.75 Å². The molecule has 4 heteroatoms. The number of fused-ring (bicyclic) bond motifs is 1. The second-order valence-electron chi connectivity index (χ2n) is 5.37. The number of carbonyl (C=O) groups excluding carboxylic acids is 1. The van der Waals surface area contributed by atoms with E-state index in [2.05, 4.69) is 30.5 Å². The molecular weight excluding hydrogens is 240 g/mol. The van der Waals surface area contributed by atoms with Crippen molar-refractivity contribution in [1.29, 1.82) is 0 Å². The van der Waals surface area contributed by atoms with Crippen LogP contribution in [0.25, 0.3) is 0 Å². The van der Waals surface area contributed by atoms with E-state index in [4.69, 9.17) is 4.74 Å². The van der Waals surface area contributed by atoms with Gasteiger partial charge >= 0.3 is 0 Å². The normalized spacial score (nSPS) is 17.1. The molecule has 104 valence electrons. The first-order valence-electron chi connectivity index (χ1n) is 6.86. The van der Waals surface area contributed by atoms with E-state index in [1.165, 1.54) is 5.56 Å². The molecule has 19 heavy (non-hydrogen) atoms. The van der Waals surface area contributed by atoms with Crippen molar-refractivity contribution >= 4 is 5.91 Å². The lowest BCUT2D eigenvalue weighted by atomic mass is 10.0. The highest BCUT2D eigenvalue weighted by Crippen LogP contribution is 2.32. The highest BCUT2D eigenvalue weighted by Gasteiger charge is 2.23. The Labute approximate surface area is 114 Å². The van der Waals surface area contributed by atoms with E-state index in [0.29, 0.717) is 25.0 Å². The van der Waals surface area contributed by atoms with Gasteiger partial charge in [-0.2, -0.15) is 0 Å². The van der Waals surface area contributed by atoms with Crippen molar-refractivity contribution in [3.63, 3.8) is 0 Å². The number of hydrogen-bond donors (Lipinski definition) is 2. The molecule has 0 bridgehead atoms. The van der Waals surface area contributed by atoms with Gasteiger partial charge in [0.25, 0.3) is 0 Å². The summed E-state index contributed by atoms with van der Waals surface area (Å²) in [6.07, 6.45) is 0. The van der Waals surface area contributed by atoms with Crippen LogP contribution in [-0.2, 0) is 4.79 Å². The van der Waals surface area contributed by atoms with Crippen LogP contribution in [-0.4, -0.2) is 32.1 Å². The molecule has 0 aromatic heterocycles. The van der Waals surface area contributed by atoms with E-state index in [0.717, 1.165) is 18.8 Å². The van der Waals surface area contributed by atoms with Crippen LogP contribution in [0.15, 0.2) is 24.3 Å². The number of para-hydroxylation sites is 1. The van der Waals surface area contributed by atoms with Crippen LogP contribution in [0.1, 0.15) is 25.3 Å². The van der Waals surface area contributed by atoms with Crippen molar-refractivity contribution in [2.75, 3.05) is 26.2 Å². The fraction of sp³-hybridized carbons (Fsp3) is 0.533. The van der Waals surface area contributed by atoms with E-state index in [1.807, 2.05) is 18.2 Å². The van der Waals surface area contributed by atoms with Crippen molar-refractivity contribution in [1.82, 2.24) is 10.6 Å². The fourth-order valence-electron chi connectivity index (χ4n) is 2.14. The molecule has 0 fully saturated rings. The van der Waals surface area contributed by atoms with Gasteiger partial charge in [-0.05, 0) is 12.0 Å². The predicted molar refractivity (Wildman–Crippen MR) is 75.4 cm³/mol. The molecule has 0 radical (unpaired) electrons. The van der Waals surface area contributed by atoms with Crippen molar-refractivity contribution in [2.24, 2.45) is 5.92 Å². The second-order valence-corrected chi connectivity index (χ2v) is 5.37. The molecule has 1 aliphatic heterocycles. The maximum Gasteiger partial charge on any atom is 0.233 e. The SMILES string of the molecule is CC(C)CNC(=O)CNCC1COc2ccccc21. The largest absolute Gasteiger partial charge is 0.493 e. The molecule has 1 aliphatic rings. The lowest BCUT2D eigenvalue weighted by Crippen LogP contribution is -2.37. The number of benzene rings is 1. The maximum atomic E-state index is 11.6. The van der Waals surface area contributed by atoms with E-state index in [1.54, 1.807) is 0 Å². The summed E-state index contributed by atoms with van der Waals surface area (Å²) in [5.74, 6) is 1.85. The van der Waals surface area contributed by atoms with Crippen LogP contribution in [0.5, 0.6) is 5.75 Å². The van der Waals surface area contributed by atoms with Gasteiger partial charge in [-0.25, -0.2) is 0 Å². The summed E-state index contributed by atoms with van der Waals surface area (Å²) >= 11 is 0. The first-order chi connectivity index (χ1) is 9.16. The number of nitrogens with one attached hydrogen (secondary N) is 2. The van der Waals surface area contributed by atoms with Gasteiger partial charge in [-0.1, -0.05) is 32.0 Å². The van der Waals surface area contributed by atoms with Crippen molar-refractivity contribution in [2.45, 2.75) is 19.8 Å². The molecule has 1 aromatic carbocycles. The van der Waals surface area contributed by atoms with Gasteiger partial charge in [0.2, 0.25) is 5.91 Å². The van der Waals surface area contributed by atoms with Crippen LogP contribution < -0.4 is 15.4 Å². The monoisotopic (exact) mass is 262 g/mol. The Bertz CT molecular complexity index is 432. The molecule has 0 spiro atoms. The molecule has 0 saturated carbocycles. The van der Waals surface area contributed by atoms with Crippen LogP contribution in [0, 0.1) is 5.92 Å². The van der Waals surface area contributed by atoms with E-state index >= 15 is 0 Å². The average molecular weight is 262 g/mol. The van der Waals surface area contributed by atoms with Gasteiger partial charge in [-0.15, -0.1) is 0 Å². The van der Waals surface area contributed by atoms with Gasteiger partial charge < -0.3 is 15.4 Å². The summed E-state index contributed by atoms with van der Waals surface area (Å²) in [6, 6.07) is 8.09. The summed E-state index contributed by atoms with van der Waals surface area (Å²) in [7, 11) is 0. The minimum absolute atomic E-state index is 0.0564. The van der Waals surface area contributed by atoms with Crippen LogP contribution in [0.3, 0.4) is 0 Å². The third kappa shape index (κ3) is 3.96. The Morgan fingerprint density at radius 2 is 2.21 bits per heavy atom. The van der Waals surface area contributed by atoms with Crippen molar-refractivity contribution < 1.29 is 9.53 Å². The molecule has 1 aromatic rings. The summed E-state index contributed by atoms with van der Waals surface area (Å²) in [6.45, 7) is 6.73. The molecular formula is C15H22N2O2. The Balaban J connectivity index is 1.71. The lowest BCUT2D eigenvalue weighted by Gasteiger charge is -2.11. The molecule has 2 rings (SSSR count). The maximum absolute atomic E-state index is 11.6. The smallest absolute Gasteiger partial charge is 0.233 e. The standard InChI is InChI=1S/C15H22N2O2/c1-11(2)7-17-15(18)9-16-8-12-10-19-14-6-4-3-5-13(12)14/h3-6,11-12,16H,7-10H2,1-2H3,(H,17,18). The number of carbonyl (C=O) groups is 1. The van der Waals surface area contributed by atoms with Gasteiger partial charge in [0.1, 0.15) is 5.75 Å². The zero-order chi connectivity index (χ0) is 13.7. The molecule has 4 nitrogen and oxygen atoms in total. The van der Waals surface area contributed by atoms with Gasteiger partial charge in [0.15, 0.2) is 0 Å². The van der Waals surface area contributed by atoms with Crippen LogP contribution in [0.2, 0.25) is 0 Å². The first kappa shape index (κ1) is 13.9. The highest BCUT2D eigenvalue weighted by atomic mass is 16.5. The third-order valence-corrected chi connectivity index (χ3v) is 3.18. The number of amides is 1. The van der Waals surface area contributed by atoms with E-state index in [-0.39, 0.29) is 5.91 Å². The summed E-state index contributed by atoms with van der Waals surface area (Å²) in [4.78, 5) is 11.6. The second kappa shape index (κ2) is 6.57. The van der Waals surface area contributed by atoms with Gasteiger partial charge in [-0.3, -0.25) is 4.79 Å². The average Bonchev–Trinajstić information content (AvgIpc) is 2.80. The Morgan fingerprint density at radius 1 is 1.42 bits per heavy atom. The quantitative estimate of drug-likeness (QED) is 0.817. The van der Waals surface area contributed by atoms with Crippen LogP contribution >= 0.6 is 0 Å². The number of rotatable bonds is 6. The molecule has 0 aliphatic carbocycles. The Kier molecular flexibility index (Phi) is 4.80. The van der Waals surface area contributed by atoms with E-state index in [9.17, 15) is 4.79 Å². The first-order valence-corrected chi connectivity index (χ1v) is 6.86. The number of ether oxygens (including phenoxy) is 1. The van der Waals surface area contributed by atoms with Crippen molar-refractivity contribution in [3.05, 3.63) is 29.8 Å². The minimum atomic E-state index is 0.0564. The molecule has 0 saturated heterocycles. The van der Waals surface area contributed by atoms with Crippen LogP contribution in [0.4, 0.5) is 0 Å². The third-order valence-electron chi connectivity index (χ3n) is 3.18. The molecule has 1 atom stereocenters. The zero-order valence-electron chi connectivity index (χ0n) is 11.6. The zero-order valence-corrected chi connectivity index (χ0v) is 11.6.